The summed E-state index contributed by atoms with van der Waals surface area (Å²) in [4.78, 5) is 7.19. The molecule has 1 aliphatic carbocycles. The van der Waals surface area contributed by atoms with Gasteiger partial charge in [0.25, 0.3) is 0 Å². The first kappa shape index (κ1) is 22.2. The van der Waals surface area contributed by atoms with Crippen molar-refractivity contribution in [3.8, 4) is 0 Å². The number of aryl methyl sites for hydroxylation is 1. The van der Waals surface area contributed by atoms with Gasteiger partial charge in [-0.25, -0.2) is 4.99 Å². The Hall–Kier alpha value is -0.830. The van der Waals surface area contributed by atoms with E-state index in [2.05, 4.69) is 39.6 Å². The lowest BCUT2D eigenvalue weighted by atomic mass is 9.94. The molecule has 6 nitrogen and oxygen atoms in total. The molecular formula is C18H35IN6. The molecule has 2 N–H and O–H groups in total. The van der Waals surface area contributed by atoms with E-state index >= 15 is 0 Å². The standard InChI is InChI=1S/C18H34N6.HI/c1-4-19-18(21-15-17-11-13-22-24(17)3)20-12-8-14-23(2)16-9-6-5-7-10-16;/h11,13,16H,4-10,12,14-15H2,1-3H3,(H2,19,20,21);1H. The summed E-state index contributed by atoms with van der Waals surface area (Å²) in [5.41, 5.74) is 1.12. The van der Waals surface area contributed by atoms with Gasteiger partial charge < -0.3 is 15.5 Å². The zero-order valence-electron chi connectivity index (χ0n) is 16.0. The maximum atomic E-state index is 4.64. The van der Waals surface area contributed by atoms with Gasteiger partial charge in [0.1, 0.15) is 0 Å². The van der Waals surface area contributed by atoms with Crippen LogP contribution in [-0.4, -0.2) is 53.4 Å². The molecule has 25 heavy (non-hydrogen) atoms. The molecule has 1 fully saturated rings. The Bertz CT molecular complexity index is 496. The fourth-order valence-electron chi connectivity index (χ4n) is 3.30. The van der Waals surface area contributed by atoms with Crippen molar-refractivity contribution in [1.29, 1.82) is 0 Å². The fourth-order valence-corrected chi connectivity index (χ4v) is 3.30. The Morgan fingerprint density at radius 1 is 1.32 bits per heavy atom. The number of nitrogens with zero attached hydrogens (tertiary/aromatic N) is 4. The third-order valence-corrected chi connectivity index (χ3v) is 4.84. The van der Waals surface area contributed by atoms with Crippen LogP contribution in [-0.2, 0) is 13.6 Å². The van der Waals surface area contributed by atoms with Crippen molar-refractivity contribution >= 4 is 29.9 Å². The Labute approximate surface area is 169 Å². The highest BCUT2D eigenvalue weighted by molar-refractivity contribution is 14.0. The van der Waals surface area contributed by atoms with Gasteiger partial charge in [0.05, 0.1) is 12.2 Å². The van der Waals surface area contributed by atoms with Gasteiger partial charge in [0.15, 0.2) is 5.96 Å². The molecule has 1 heterocycles. The summed E-state index contributed by atoms with van der Waals surface area (Å²) in [5, 5.41) is 10.9. The molecular weight excluding hydrogens is 427 g/mol. The van der Waals surface area contributed by atoms with Crippen LogP contribution in [0, 0.1) is 0 Å². The van der Waals surface area contributed by atoms with E-state index in [1.54, 1.807) is 0 Å². The molecule has 0 saturated heterocycles. The van der Waals surface area contributed by atoms with Gasteiger partial charge in [0.2, 0.25) is 0 Å². The quantitative estimate of drug-likeness (QED) is 0.270. The number of rotatable bonds is 8. The van der Waals surface area contributed by atoms with Gasteiger partial charge in [-0.15, -0.1) is 24.0 Å². The van der Waals surface area contributed by atoms with Gasteiger partial charge >= 0.3 is 0 Å². The predicted octanol–water partition coefficient (Wildman–Crippen LogP) is 2.75. The molecule has 0 aliphatic heterocycles. The summed E-state index contributed by atoms with van der Waals surface area (Å²) in [7, 11) is 4.23. The lowest BCUT2D eigenvalue weighted by Gasteiger charge is -2.31. The van der Waals surface area contributed by atoms with Crippen molar-refractivity contribution in [2.45, 2.75) is 58.0 Å². The monoisotopic (exact) mass is 462 g/mol. The van der Waals surface area contributed by atoms with Crippen molar-refractivity contribution in [3.63, 3.8) is 0 Å². The molecule has 0 atom stereocenters. The summed E-state index contributed by atoms with van der Waals surface area (Å²) in [6, 6.07) is 2.80. The van der Waals surface area contributed by atoms with Gasteiger partial charge in [-0.05, 0) is 45.8 Å². The summed E-state index contributed by atoms with van der Waals surface area (Å²) < 4.78 is 1.87. The minimum atomic E-state index is 0. The average Bonchev–Trinajstić information content (AvgIpc) is 3.02. The van der Waals surface area contributed by atoms with Crippen LogP contribution in [0.15, 0.2) is 17.3 Å². The lowest BCUT2D eigenvalue weighted by Crippen LogP contribution is -2.39. The van der Waals surface area contributed by atoms with Crippen LogP contribution in [0.1, 0.15) is 51.1 Å². The van der Waals surface area contributed by atoms with Crippen LogP contribution in [0.3, 0.4) is 0 Å². The Morgan fingerprint density at radius 2 is 2.08 bits per heavy atom. The highest BCUT2D eigenvalue weighted by atomic mass is 127. The molecule has 7 heteroatoms. The van der Waals surface area contributed by atoms with Crippen LogP contribution >= 0.6 is 24.0 Å². The first-order chi connectivity index (χ1) is 11.7. The van der Waals surface area contributed by atoms with Crippen molar-refractivity contribution in [2.75, 3.05) is 26.7 Å². The van der Waals surface area contributed by atoms with Crippen LogP contribution in [0.25, 0.3) is 0 Å². The molecule has 1 aliphatic rings. The van der Waals surface area contributed by atoms with E-state index in [0.29, 0.717) is 6.54 Å². The second-order valence-electron chi connectivity index (χ2n) is 6.69. The van der Waals surface area contributed by atoms with Crippen LogP contribution in [0.5, 0.6) is 0 Å². The average molecular weight is 462 g/mol. The van der Waals surface area contributed by atoms with E-state index in [0.717, 1.165) is 43.8 Å². The summed E-state index contributed by atoms with van der Waals surface area (Å²) in [6.45, 7) is 5.72. The van der Waals surface area contributed by atoms with Crippen LogP contribution < -0.4 is 10.6 Å². The molecule has 144 valence electrons. The van der Waals surface area contributed by atoms with Gasteiger partial charge in [-0.1, -0.05) is 19.3 Å². The minimum Gasteiger partial charge on any atom is -0.357 e. The van der Waals surface area contributed by atoms with Crippen molar-refractivity contribution in [1.82, 2.24) is 25.3 Å². The van der Waals surface area contributed by atoms with Crippen molar-refractivity contribution in [2.24, 2.45) is 12.0 Å². The largest absolute Gasteiger partial charge is 0.357 e. The zero-order chi connectivity index (χ0) is 17.2. The number of halogens is 1. The Morgan fingerprint density at radius 3 is 2.72 bits per heavy atom. The molecule has 0 spiro atoms. The molecule has 0 bridgehead atoms. The van der Waals surface area contributed by atoms with Gasteiger partial charge in [-0.2, -0.15) is 5.10 Å². The number of hydrogen-bond donors (Lipinski definition) is 2. The van der Waals surface area contributed by atoms with Crippen LogP contribution in [0.4, 0.5) is 0 Å². The number of aromatic nitrogens is 2. The van der Waals surface area contributed by atoms with E-state index in [9.17, 15) is 0 Å². The molecule has 2 rings (SSSR count). The topological polar surface area (TPSA) is 57.5 Å². The molecule has 0 aromatic carbocycles. The molecule has 0 radical (unpaired) electrons. The minimum absolute atomic E-state index is 0. The normalized spacial score (nSPS) is 15.9. The third-order valence-electron chi connectivity index (χ3n) is 4.84. The SMILES string of the molecule is CCNC(=NCc1ccnn1C)NCCCN(C)C1CCCCC1.I. The smallest absolute Gasteiger partial charge is 0.191 e. The molecule has 1 aromatic rings. The van der Waals surface area contributed by atoms with Gasteiger partial charge in [-0.3, -0.25) is 4.68 Å². The van der Waals surface area contributed by atoms with Crippen LogP contribution in [0.2, 0.25) is 0 Å². The molecule has 1 aromatic heterocycles. The number of nitrogens with one attached hydrogen (secondary N) is 2. The van der Waals surface area contributed by atoms with Gasteiger partial charge in [0, 0.05) is 32.4 Å². The molecule has 0 amide bonds. The van der Waals surface area contributed by atoms with Crippen molar-refractivity contribution < 1.29 is 0 Å². The lowest BCUT2D eigenvalue weighted by molar-refractivity contribution is 0.190. The number of guanidine groups is 1. The second-order valence-corrected chi connectivity index (χ2v) is 6.69. The van der Waals surface area contributed by atoms with E-state index in [4.69, 9.17) is 0 Å². The van der Waals surface area contributed by atoms with E-state index in [-0.39, 0.29) is 24.0 Å². The summed E-state index contributed by atoms with van der Waals surface area (Å²) >= 11 is 0. The summed E-state index contributed by atoms with van der Waals surface area (Å²) in [5.74, 6) is 0.888. The summed E-state index contributed by atoms with van der Waals surface area (Å²) in [6.07, 6.45) is 9.93. The Balaban J connectivity index is 0.00000312. The predicted molar refractivity (Wildman–Crippen MR) is 116 cm³/mol. The Kier molecular flexibility index (Phi) is 11.1. The number of aliphatic imine (C=N–C) groups is 1. The van der Waals surface area contributed by atoms with E-state index < -0.39 is 0 Å². The zero-order valence-corrected chi connectivity index (χ0v) is 18.3. The molecule has 0 unspecified atom stereocenters. The highest BCUT2D eigenvalue weighted by Crippen LogP contribution is 2.21. The van der Waals surface area contributed by atoms with Crippen molar-refractivity contribution in [3.05, 3.63) is 18.0 Å². The fraction of sp³-hybridized carbons (Fsp3) is 0.778. The first-order valence-electron chi connectivity index (χ1n) is 9.40. The second kappa shape index (κ2) is 12.5. The van der Waals surface area contributed by atoms with E-state index in [1.165, 1.54) is 32.1 Å². The number of hydrogen-bond acceptors (Lipinski definition) is 3. The maximum Gasteiger partial charge on any atom is 0.191 e. The first-order valence-corrected chi connectivity index (χ1v) is 9.40. The highest BCUT2D eigenvalue weighted by Gasteiger charge is 2.17. The maximum absolute atomic E-state index is 4.64. The third kappa shape index (κ3) is 7.94. The van der Waals surface area contributed by atoms with E-state index in [1.807, 2.05) is 24.0 Å². The molecule has 1 saturated carbocycles.